The molecular weight excluding hydrogens is 372 g/mol. The van der Waals surface area contributed by atoms with Gasteiger partial charge >= 0.3 is 0 Å². The van der Waals surface area contributed by atoms with Crippen molar-refractivity contribution in [2.45, 2.75) is 24.9 Å². The van der Waals surface area contributed by atoms with Gasteiger partial charge in [0.1, 0.15) is 4.90 Å². The number of aryl methyl sites for hydroxylation is 1. The van der Waals surface area contributed by atoms with Gasteiger partial charge in [-0.25, -0.2) is 13.1 Å². The molecule has 2 N–H and O–H groups in total. The normalized spacial score (nSPS) is 11.8. The molecule has 0 aliphatic rings. The van der Waals surface area contributed by atoms with Crippen LogP contribution < -0.4 is 10.0 Å². The Balaban J connectivity index is 2.12. The molecule has 0 aliphatic heterocycles. The van der Waals surface area contributed by atoms with Crippen LogP contribution in [0.1, 0.15) is 16.0 Å². The maximum Gasteiger partial charge on any atom is 0.242 e. The third-order valence-corrected chi connectivity index (χ3v) is 6.59. The highest BCUT2D eigenvalue weighted by molar-refractivity contribution is 9.11. The molecule has 0 saturated carbocycles. The SMILES string of the molecule is CNCc1cc(S(=O)(=O)NCc2ccc(C)cc2)c(Br)s1. The first-order chi connectivity index (χ1) is 9.92. The van der Waals surface area contributed by atoms with E-state index in [0.717, 1.165) is 16.0 Å². The van der Waals surface area contributed by atoms with Crippen molar-refractivity contribution >= 4 is 37.3 Å². The van der Waals surface area contributed by atoms with Crippen LogP contribution in [-0.4, -0.2) is 15.5 Å². The van der Waals surface area contributed by atoms with E-state index in [9.17, 15) is 8.42 Å². The molecule has 0 amide bonds. The Morgan fingerprint density at radius 2 is 1.86 bits per heavy atom. The van der Waals surface area contributed by atoms with Crippen molar-refractivity contribution in [2.75, 3.05) is 7.05 Å². The van der Waals surface area contributed by atoms with Crippen LogP contribution in [0.15, 0.2) is 39.0 Å². The highest BCUT2D eigenvalue weighted by atomic mass is 79.9. The Labute approximate surface area is 137 Å². The number of benzene rings is 1. The zero-order valence-corrected chi connectivity index (χ0v) is 15.0. The summed E-state index contributed by atoms with van der Waals surface area (Å²) in [6.45, 7) is 2.93. The first kappa shape index (κ1) is 16.6. The Hall–Kier alpha value is -0.730. The number of rotatable bonds is 6. The van der Waals surface area contributed by atoms with Crippen molar-refractivity contribution in [3.63, 3.8) is 0 Å². The fourth-order valence-corrected chi connectivity index (χ4v) is 5.51. The van der Waals surface area contributed by atoms with Gasteiger partial charge in [0.15, 0.2) is 0 Å². The van der Waals surface area contributed by atoms with Crippen LogP contribution in [0.5, 0.6) is 0 Å². The standard InChI is InChI=1S/C14H17BrN2O2S2/c1-10-3-5-11(6-4-10)8-17-21(18,19)13-7-12(9-16-2)20-14(13)15/h3-7,16-17H,8-9H2,1-2H3. The van der Waals surface area contributed by atoms with Crippen molar-refractivity contribution in [2.24, 2.45) is 0 Å². The monoisotopic (exact) mass is 388 g/mol. The summed E-state index contributed by atoms with van der Waals surface area (Å²) in [5.41, 5.74) is 2.09. The van der Waals surface area contributed by atoms with Gasteiger partial charge < -0.3 is 5.32 Å². The van der Waals surface area contributed by atoms with Gasteiger partial charge in [-0.15, -0.1) is 11.3 Å². The van der Waals surface area contributed by atoms with Crippen molar-refractivity contribution in [3.05, 3.63) is 50.1 Å². The summed E-state index contributed by atoms with van der Waals surface area (Å²) < 4.78 is 28.0. The van der Waals surface area contributed by atoms with Gasteiger partial charge in [-0.1, -0.05) is 29.8 Å². The number of thiophene rings is 1. The second-order valence-electron chi connectivity index (χ2n) is 4.69. The van der Waals surface area contributed by atoms with Gasteiger partial charge in [0.25, 0.3) is 0 Å². The number of hydrogen-bond acceptors (Lipinski definition) is 4. The third kappa shape index (κ3) is 4.37. The molecule has 0 radical (unpaired) electrons. The molecule has 0 unspecified atom stereocenters. The molecule has 0 bridgehead atoms. The lowest BCUT2D eigenvalue weighted by Crippen LogP contribution is -2.23. The molecule has 114 valence electrons. The number of nitrogens with one attached hydrogen (secondary N) is 2. The van der Waals surface area contributed by atoms with E-state index in [0.29, 0.717) is 15.2 Å². The first-order valence-corrected chi connectivity index (χ1v) is 9.49. The predicted molar refractivity (Wildman–Crippen MR) is 90.0 cm³/mol. The van der Waals surface area contributed by atoms with Crippen LogP contribution >= 0.6 is 27.3 Å². The van der Waals surface area contributed by atoms with E-state index in [2.05, 4.69) is 26.0 Å². The molecule has 1 heterocycles. The zero-order chi connectivity index (χ0) is 15.5. The van der Waals surface area contributed by atoms with Gasteiger partial charge in [-0.3, -0.25) is 0 Å². The molecule has 0 spiro atoms. The van der Waals surface area contributed by atoms with E-state index in [-0.39, 0.29) is 6.54 Å². The summed E-state index contributed by atoms with van der Waals surface area (Å²) >= 11 is 4.75. The first-order valence-electron chi connectivity index (χ1n) is 6.40. The molecule has 0 saturated heterocycles. The smallest absolute Gasteiger partial charge is 0.242 e. The van der Waals surface area contributed by atoms with Crippen LogP contribution in [0.25, 0.3) is 0 Å². The molecule has 0 aliphatic carbocycles. The lowest BCUT2D eigenvalue weighted by molar-refractivity contribution is 0.581. The maximum atomic E-state index is 12.4. The van der Waals surface area contributed by atoms with Gasteiger partial charge in [0.05, 0.1) is 3.79 Å². The predicted octanol–water partition coefficient (Wildman–Crippen LogP) is 3.02. The van der Waals surface area contributed by atoms with E-state index in [1.165, 1.54) is 11.3 Å². The minimum absolute atomic E-state index is 0.284. The van der Waals surface area contributed by atoms with Gasteiger partial charge in [-0.05, 0) is 41.5 Å². The van der Waals surface area contributed by atoms with E-state index in [1.807, 2.05) is 38.2 Å². The van der Waals surface area contributed by atoms with Crippen LogP contribution in [0.3, 0.4) is 0 Å². The number of hydrogen-bond donors (Lipinski definition) is 2. The van der Waals surface area contributed by atoms with Gasteiger partial charge in [-0.2, -0.15) is 0 Å². The fraction of sp³-hybridized carbons (Fsp3) is 0.286. The topological polar surface area (TPSA) is 58.2 Å². The number of sulfonamides is 1. The quantitative estimate of drug-likeness (QED) is 0.799. The van der Waals surface area contributed by atoms with Crippen molar-refractivity contribution in [3.8, 4) is 0 Å². The van der Waals surface area contributed by atoms with E-state index in [4.69, 9.17) is 0 Å². The molecular formula is C14H17BrN2O2S2. The van der Waals surface area contributed by atoms with Crippen molar-refractivity contribution in [1.82, 2.24) is 10.0 Å². The Morgan fingerprint density at radius 1 is 1.19 bits per heavy atom. The zero-order valence-electron chi connectivity index (χ0n) is 11.8. The molecule has 0 fully saturated rings. The average molecular weight is 389 g/mol. The summed E-state index contributed by atoms with van der Waals surface area (Å²) in [7, 11) is -1.68. The lowest BCUT2D eigenvalue weighted by Gasteiger charge is -2.06. The Bertz CT molecular complexity index is 709. The molecule has 1 aromatic carbocycles. The summed E-state index contributed by atoms with van der Waals surface area (Å²) in [5.74, 6) is 0. The van der Waals surface area contributed by atoms with Gasteiger partial charge in [0, 0.05) is 18.0 Å². The largest absolute Gasteiger partial charge is 0.315 e. The van der Waals surface area contributed by atoms with Crippen LogP contribution in [0, 0.1) is 6.92 Å². The highest BCUT2D eigenvalue weighted by Gasteiger charge is 2.20. The summed E-state index contributed by atoms with van der Waals surface area (Å²) in [4.78, 5) is 1.27. The molecule has 7 heteroatoms. The molecule has 2 rings (SSSR count). The van der Waals surface area contributed by atoms with E-state index < -0.39 is 10.0 Å². The van der Waals surface area contributed by atoms with Gasteiger partial charge in [0.2, 0.25) is 10.0 Å². The summed E-state index contributed by atoms with van der Waals surface area (Å²) in [5, 5.41) is 3.01. The van der Waals surface area contributed by atoms with Crippen molar-refractivity contribution < 1.29 is 8.42 Å². The van der Waals surface area contributed by atoms with E-state index >= 15 is 0 Å². The van der Waals surface area contributed by atoms with Crippen LogP contribution in [-0.2, 0) is 23.1 Å². The lowest BCUT2D eigenvalue weighted by atomic mass is 10.2. The molecule has 1 aromatic heterocycles. The average Bonchev–Trinajstić information content (AvgIpc) is 2.80. The Kier molecular flexibility index (Phi) is 5.56. The second kappa shape index (κ2) is 7.02. The highest BCUT2D eigenvalue weighted by Crippen LogP contribution is 2.31. The van der Waals surface area contributed by atoms with Crippen LogP contribution in [0.2, 0.25) is 0 Å². The molecule has 4 nitrogen and oxygen atoms in total. The minimum atomic E-state index is -3.51. The molecule has 21 heavy (non-hydrogen) atoms. The van der Waals surface area contributed by atoms with Crippen molar-refractivity contribution in [1.29, 1.82) is 0 Å². The maximum absolute atomic E-state index is 12.4. The minimum Gasteiger partial charge on any atom is -0.315 e. The number of halogens is 1. The third-order valence-electron chi connectivity index (χ3n) is 2.93. The summed E-state index contributed by atoms with van der Waals surface area (Å²) in [6.07, 6.45) is 0. The Morgan fingerprint density at radius 3 is 2.48 bits per heavy atom. The molecule has 0 atom stereocenters. The van der Waals surface area contributed by atoms with E-state index in [1.54, 1.807) is 6.07 Å². The summed E-state index contributed by atoms with van der Waals surface area (Å²) in [6, 6.07) is 9.48. The second-order valence-corrected chi connectivity index (χ2v) is 8.88. The van der Waals surface area contributed by atoms with Crippen LogP contribution in [0.4, 0.5) is 0 Å². The molecule has 2 aromatic rings. The fourth-order valence-electron chi connectivity index (χ4n) is 1.80.